The molecule has 0 spiro atoms. The number of halogens is 1. The summed E-state index contributed by atoms with van der Waals surface area (Å²) in [6.07, 6.45) is 0.526. The Balaban J connectivity index is 3.17. The summed E-state index contributed by atoms with van der Waals surface area (Å²) in [6, 6.07) is 4.32. The molecule has 0 bridgehead atoms. The van der Waals surface area contributed by atoms with Crippen molar-refractivity contribution in [3.05, 3.63) is 29.6 Å². The first-order valence-electron chi connectivity index (χ1n) is 3.22. The van der Waals surface area contributed by atoms with Gasteiger partial charge in [0.15, 0.2) is 0 Å². The lowest BCUT2D eigenvalue weighted by Gasteiger charge is -2.00. The molecule has 0 radical (unpaired) electrons. The van der Waals surface area contributed by atoms with Gasteiger partial charge in [-0.2, -0.15) is 0 Å². The zero-order valence-electron chi connectivity index (χ0n) is 5.76. The number of rotatable bonds is 1. The van der Waals surface area contributed by atoms with Gasteiger partial charge in [0.1, 0.15) is 19.4 Å². The third-order valence-corrected chi connectivity index (χ3v) is 1.45. The number of phenolic OH excluding ortho intramolecular Hbond substituents is 1. The molecular formula is C7H8BFO. The Hall–Kier alpha value is -0.985. The third kappa shape index (κ3) is 1.13. The molecule has 0 aromatic heterocycles. The van der Waals surface area contributed by atoms with E-state index >= 15 is 0 Å². The average Bonchev–Trinajstić information content (AvgIpc) is 1.88. The zero-order chi connectivity index (χ0) is 7.56. The van der Waals surface area contributed by atoms with Crippen LogP contribution in [0.1, 0.15) is 5.56 Å². The van der Waals surface area contributed by atoms with E-state index in [1.165, 1.54) is 18.2 Å². The summed E-state index contributed by atoms with van der Waals surface area (Å²) in [5.74, 6) is -0.287. The summed E-state index contributed by atoms with van der Waals surface area (Å²) < 4.78 is 12.7. The Morgan fingerprint density at radius 2 is 2.20 bits per heavy atom. The molecule has 1 nitrogen and oxygen atoms in total. The molecule has 10 heavy (non-hydrogen) atoms. The lowest BCUT2D eigenvalue weighted by molar-refractivity contribution is 0.462. The number of phenols is 1. The molecule has 1 N–H and O–H groups in total. The van der Waals surface area contributed by atoms with Crippen molar-refractivity contribution >= 4 is 7.85 Å². The maximum absolute atomic E-state index is 12.7. The molecule has 0 amide bonds. The molecule has 0 aliphatic heterocycles. The number of hydrogen-bond acceptors (Lipinski definition) is 1. The second-order valence-electron chi connectivity index (χ2n) is 2.09. The van der Waals surface area contributed by atoms with E-state index in [0.29, 0.717) is 11.9 Å². The van der Waals surface area contributed by atoms with Gasteiger partial charge < -0.3 is 5.11 Å². The minimum absolute atomic E-state index is 0.0440. The number of aromatic hydroxyl groups is 1. The first-order valence-corrected chi connectivity index (χ1v) is 3.22. The van der Waals surface area contributed by atoms with Crippen LogP contribution in [-0.2, 0) is 6.32 Å². The molecular weight excluding hydrogens is 130 g/mol. The first kappa shape index (κ1) is 7.13. The molecule has 1 aromatic carbocycles. The van der Waals surface area contributed by atoms with E-state index < -0.39 is 0 Å². The Kier molecular flexibility index (Phi) is 1.95. The van der Waals surface area contributed by atoms with Crippen LogP contribution in [-0.4, -0.2) is 13.0 Å². The fourth-order valence-corrected chi connectivity index (χ4v) is 0.897. The maximum Gasteiger partial charge on any atom is 0.129 e. The van der Waals surface area contributed by atoms with Crippen molar-refractivity contribution in [2.75, 3.05) is 0 Å². The van der Waals surface area contributed by atoms with Gasteiger partial charge in [0.05, 0.1) is 0 Å². The maximum atomic E-state index is 12.7. The van der Waals surface area contributed by atoms with E-state index in [9.17, 15) is 4.39 Å². The topological polar surface area (TPSA) is 20.2 Å². The summed E-state index contributed by atoms with van der Waals surface area (Å²) in [5.41, 5.74) is 0.391. The minimum Gasteiger partial charge on any atom is -0.508 e. The number of benzene rings is 1. The molecule has 0 saturated heterocycles. The van der Waals surface area contributed by atoms with E-state index in [1.54, 1.807) is 7.85 Å². The van der Waals surface area contributed by atoms with Gasteiger partial charge in [-0.15, -0.1) is 0 Å². The molecule has 1 aromatic rings. The van der Waals surface area contributed by atoms with Crippen molar-refractivity contribution in [2.45, 2.75) is 6.32 Å². The van der Waals surface area contributed by atoms with E-state index in [0.717, 1.165) is 0 Å². The smallest absolute Gasteiger partial charge is 0.129 e. The second-order valence-corrected chi connectivity index (χ2v) is 2.09. The van der Waals surface area contributed by atoms with Crippen LogP contribution >= 0.6 is 0 Å². The van der Waals surface area contributed by atoms with Gasteiger partial charge >= 0.3 is 0 Å². The predicted molar refractivity (Wildman–Crippen MR) is 40.3 cm³/mol. The summed E-state index contributed by atoms with van der Waals surface area (Å²) in [7, 11) is 1.80. The summed E-state index contributed by atoms with van der Waals surface area (Å²) in [6.45, 7) is 0. The van der Waals surface area contributed by atoms with Crippen LogP contribution in [0.4, 0.5) is 4.39 Å². The molecule has 0 aliphatic carbocycles. The SMILES string of the molecule is BCc1c(O)cccc1F. The van der Waals surface area contributed by atoms with Crippen LogP contribution in [0, 0.1) is 5.82 Å². The lowest BCUT2D eigenvalue weighted by atomic mass is 9.96. The van der Waals surface area contributed by atoms with Gasteiger partial charge in [-0.1, -0.05) is 12.4 Å². The first-order chi connectivity index (χ1) is 4.75. The van der Waals surface area contributed by atoms with Crippen molar-refractivity contribution in [3.63, 3.8) is 0 Å². The molecule has 0 fully saturated rings. The summed E-state index contributed by atoms with van der Waals surface area (Å²) in [5, 5.41) is 9.05. The highest BCUT2D eigenvalue weighted by Crippen LogP contribution is 2.18. The van der Waals surface area contributed by atoms with Crippen LogP contribution in [0.3, 0.4) is 0 Å². The second kappa shape index (κ2) is 2.73. The van der Waals surface area contributed by atoms with Gasteiger partial charge in [0.25, 0.3) is 0 Å². The summed E-state index contributed by atoms with van der Waals surface area (Å²) >= 11 is 0. The molecule has 1 rings (SSSR count). The lowest BCUT2D eigenvalue weighted by Crippen LogP contribution is -1.89. The van der Waals surface area contributed by atoms with E-state index in [2.05, 4.69) is 0 Å². The Morgan fingerprint density at radius 1 is 1.50 bits per heavy atom. The molecule has 0 aliphatic rings. The monoisotopic (exact) mass is 138 g/mol. The van der Waals surface area contributed by atoms with Crippen molar-refractivity contribution in [3.8, 4) is 5.75 Å². The molecule has 0 saturated carbocycles. The average molecular weight is 138 g/mol. The molecule has 3 heteroatoms. The minimum atomic E-state index is -0.331. The Bertz CT molecular complexity index is 217. The van der Waals surface area contributed by atoms with Crippen LogP contribution < -0.4 is 0 Å². The molecule has 52 valence electrons. The highest BCUT2D eigenvalue weighted by Gasteiger charge is 2.02. The molecule has 0 heterocycles. The number of hydrogen-bond donors (Lipinski definition) is 1. The predicted octanol–water partition coefficient (Wildman–Crippen LogP) is 0.664. The van der Waals surface area contributed by atoms with Gasteiger partial charge in [-0.05, 0) is 12.1 Å². The van der Waals surface area contributed by atoms with E-state index in [1.807, 2.05) is 0 Å². The zero-order valence-corrected chi connectivity index (χ0v) is 5.76. The standard InChI is InChI=1S/C7H8BFO/c8-4-5-6(9)2-1-3-7(5)10/h1-3,10H,4,8H2. The van der Waals surface area contributed by atoms with Gasteiger partial charge in [0.2, 0.25) is 0 Å². The third-order valence-electron chi connectivity index (χ3n) is 1.45. The van der Waals surface area contributed by atoms with Crippen LogP contribution in [0.15, 0.2) is 18.2 Å². The van der Waals surface area contributed by atoms with Crippen molar-refractivity contribution in [1.82, 2.24) is 0 Å². The van der Waals surface area contributed by atoms with Crippen molar-refractivity contribution in [2.24, 2.45) is 0 Å². The molecule has 0 atom stereocenters. The Morgan fingerprint density at radius 3 is 2.60 bits per heavy atom. The van der Waals surface area contributed by atoms with Crippen molar-refractivity contribution < 1.29 is 9.50 Å². The van der Waals surface area contributed by atoms with Crippen molar-refractivity contribution in [1.29, 1.82) is 0 Å². The normalized spacial score (nSPS) is 9.70. The van der Waals surface area contributed by atoms with Crippen LogP contribution in [0.5, 0.6) is 5.75 Å². The van der Waals surface area contributed by atoms with E-state index in [-0.39, 0.29) is 11.6 Å². The van der Waals surface area contributed by atoms with Crippen LogP contribution in [0.25, 0.3) is 0 Å². The van der Waals surface area contributed by atoms with Crippen LogP contribution in [0.2, 0.25) is 0 Å². The largest absolute Gasteiger partial charge is 0.508 e. The van der Waals surface area contributed by atoms with Gasteiger partial charge in [-0.25, -0.2) is 4.39 Å². The van der Waals surface area contributed by atoms with E-state index in [4.69, 9.17) is 5.11 Å². The summed E-state index contributed by atoms with van der Waals surface area (Å²) in [4.78, 5) is 0. The van der Waals surface area contributed by atoms with Gasteiger partial charge in [0, 0.05) is 5.56 Å². The fourth-order valence-electron chi connectivity index (χ4n) is 0.897. The fraction of sp³-hybridized carbons (Fsp3) is 0.143. The highest BCUT2D eigenvalue weighted by atomic mass is 19.1. The highest BCUT2D eigenvalue weighted by molar-refractivity contribution is 6.08. The molecule has 0 unspecified atom stereocenters. The quantitative estimate of drug-likeness (QED) is 0.565. The van der Waals surface area contributed by atoms with Gasteiger partial charge in [-0.3, -0.25) is 0 Å². The Labute approximate surface area is 59.9 Å².